The average molecular weight is 352 g/mol. The van der Waals surface area contributed by atoms with Gasteiger partial charge in [-0.3, -0.25) is 14.7 Å². The molecule has 1 aromatic carbocycles. The SMILES string of the molecule is C=CCN(CCCC)CCc1c[nH]c2cccc(OP(=O)(O)O)c12. The maximum atomic E-state index is 11.2. The quantitative estimate of drug-likeness (QED) is 0.450. The van der Waals surface area contributed by atoms with E-state index in [0.29, 0.717) is 0 Å². The second-order valence-electron chi connectivity index (χ2n) is 5.77. The molecule has 2 aromatic rings. The van der Waals surface area contributed by atoms with Crippen LogP contribution in [0.25, 0.3) is 10.9 Å². The molecule has 7 heteroatoms. The van der Waals surface area contributed by atoms with E-state index in [9.17, 15) is 4.57 Å². The van der Waals surface area contributed by atoms with Gasteiger partial charge < -0.3 is 9.51 Å². The Morgan fingerprint density at radius 1 is 1.38 bits per heavy atom. The first kappa shape index (κ1) is 18.7. The fourth-order valence-electron chi connectivity index (χ4n) is 2.76. The molecule has 0 saturated carbocycles. The Morgan fingerprint density at radius 2 is 2.17 bits per heavy atom. The van der Waals surface area contributed by atoms with E-state index in [0.717, 1.165) is 55.4 Å². The van der Waals surface area contributed by atoms with Crippen molar-refractivity contribution in [2.75, 3.05) is 19.6 Å². The predicted molar refractivity (Wildman–Crippen MR) is 96.2 cm³/mol. The van der Waals surface area contributed by atoms with Crippen LogP contribution in [0.15, 0.2) is 37.1 Å². The predicted octanol–water partition coefficient (Wildman–Crippen LogP) is 3.47. The van der Waals surface area contributed by atoms with Gasteiger partial charge in [0, 0.05) is 30.2 Å². The van der Waals surface area contributed by atoms with Gasteiger partial charge in [-0.2, -0.15) is 0 Å². The van der Waals surface area contributed by atoms with E-state index in [1.807, 2.05) is 18.3 Å². The summed E-state index contributed by atoms with van der Waals surface area (Å²) in [6.45, 7) is 8.66. The highest BCUT2D eigenvalue weighted by Gasteiger charge is 2.19. The average Bonchev–Trinajstić information content (AvgIpc) is 2.93. The van der Waals surface area contributed by atoms with Crippen LogP contribution in [-0.2, 0) is 11.0 Å². The molecule has 0 amide bonds. The molecular formula is C17H25N2O4P. The number of aromatic nitrogens is 1. The maximum absolute atomic E-state index is 11.2. The standard InChI is InChI=1S/C17H25N2O4P/c1-3-5-11-19(10-4-2)12-9-14-13-18-15-7-6-8-16(17(14)15)23-24(20,21)22/h4,6-8,13,18H,2-3,5,9-12H2,1H3,(H2,20,21,22). The first-order valence-electron chi connectivity index (χ1n) is 8.12. The number of nitrogens with zero attached hydrogens (tertiary/aromatic N) is 1. The van der Waals surface area contributed by atoms with Crippen molar-refractivity contribution < 1.29 is 18.9 Å². The monoisotopic (exact) mass is 352 g/mol. The molecule has 0 aliphatic rings. The summed E-state index contributed by atoms with van der Waals surface area (Å²) in [4.78, 5) is 23.7. The van der Waals surface area contributed by atoms with Crippen molar-refractivity contribution in [2.45, 2.75) is 26.2 Å². The number of rotatable bonds is 10. The lowest BCUT2D eigenvalue weighted by Gasteiger charge is -2.20. The van der Waals surface area contributed by atoms with Crippen LogP contribution in [0.3, 0.4) is 0 Å². The number of phosphoric acid groups is 1. The number of H-pyrrole nitrogens is 1. The van der Waals surface area contributed by atoms with Gasteiger partial charge in [-0.1, -0.05) is 25.5 Å². The summed E-state index contributed by atoms with van der Waals surface area (Å²) in [5, 5.41) is 0.731. The third-order valence-electron chi connectivity index (χ3n) is 3.88. The summed E-state index contributed by atoms with van der Waals surface area (Å²) < 4.78 is 16.0. The van der Waals surface area contributed by atoms with Crippen molar-refractivity contribution >= 4 is 18.7 Å². The van der Waals surface area contributed by atoms with E-state index in [1.54, 1.807) is 12.1 Å². The lowest BCUT2D eigenvalue weighted by Crippen LogP contribution is -2.27. The Hall–Kier alpha value is -1.59. The van der Waals surface area contributed by atoms with Crippen molar-refractivity contribution in [3.8, 4) is 5.75 Å². The first-order chi connectivity index (χ1) is 11.4. The Morgan fingerprint density at radius 3 is 2.83 bits per heavy atom. The van der Waals surface area contributed by atoms with Crippen molar-refractivity contribution in [3.63, 3.8) is 0 Å². The first-order valence-corrected chi connectivity index (χ1v) is 9.65. The molecule has 2 rings (SSSR count). The van der Waals surface area contributed by atoms with Gasteiger partial charge in [-0.25, -0.2) is 4.57 Å². The summed E-state index contributed by atoms with van der Waals surface area (Å²) in [7, 11) is -4.59. The summed E-state index contributed by atoms with van der Waals surface area (Å²) in [6.07, 6.45) is 6.81. The van der Waals surface area contributed by atoms with Gasteiger partial charge in [-0.05, 0) is 37.1 Å². The van der Waals surface area contributed by atoms with Crippen LogP contribution in [-0.4, -0.2) is 39.3 Å². The van der Waals surface area contributed by atoms with E-state index < -0.39 is 7.82 Å². The van der Waals surface area contributed by atoms with Gasteiger partial charge in [0.1, 0.15) is 5.75 Å². The highest BCUT2D eigenvalue weighted by atomic mass is 31.2. The zero-order valence-electron chi connectivity index (χ0n) is 13.9. The summed E-state index contributed by atoms with van der Waals surface area (Å²) in [6, 6.07) is 5.15. The highest BCUT2D eigenvalue weighted by molar-refractivity contribution is 7.46. The van der Waals surface area contributed by atoms with Crippen LogP contribution in [0, 0.1) is 0 Å². The summed E-state index contributed by atoms with van der Waals surface area (Å²) in [5.74, 6) is 0.209. The Balaban J connectivity index is 2.19. The molecule has 0 atom stereocenters. The molecule has 0 bridgehead atoms. The van der Waals surface area contributed by atoms with Crippen LogP contribution in [0.4, 0.5) is 0 Å². The second-order valence-corrected chi connectivity index (χ2v) is 6.93. The smallest absolute Gasteiger partial charge is 0.404 e. The van der Waals surface area contributed by atoms with Crippen molar-refractivity contribution in [3.05, 3.63) is 42.6 Å². The van der Waals surface area contributed by atoms with Crippen LogP contribution in [0.5, 0.6) is 5.75 Å². The maximum Gasteiger partial charge on any atom is 0.524 e. The normalized spacial score (nSPS) is 12.0. The van der Waals surface area contributed by atoms with Gasteiger partial charge in [0.25, 0.3) is 0 Å². The van der Waals surface area contributed by atoms with Gasteiger partial charge in [-0.15, -0.1) is 6.58 Å². The number of benzene rings is 1. The summed E-state index contributed by atoms with van der Waals surface area (Å²) >= 11 is 0. The second kappa shape index (κ2) is 8.49. The minimum absolute atomic E-state index is 0.209. The molecule has 0 fully saturated rings. The van der Waals surface area contributed by atoms with Crippen LogP contribution in [0.1, 0.15) is 25.3 Å². The van der Waals surface area contributed by atoms with Gasteiger partial charge in [0.15, 0.2) is 0 Å². The number of aromatic amines is 1. The third-order valence-corrected chi connectivity index (χ3v) is 4.31. The number of hydrogen-bond acceptors (Lipinski definition) is 3. The van der Waals surface area contributed by atoms with Crippen molar-refractivity contribution in [1.82, 2.24) is 9.88 Å². The minimum Gasteiger partial charge on any atom is -0.404 e. The summed E-state index contributed by atoms with van der Waals surface area (Å²) in [5.41, 5.74) is 1.79. The number of nitrogens with one attached hydrogen (secondary N) is 1. The molecule has 24 heavy (non-hydrogen) atoms. The van der Waals surface area contributed by atoms with E-state index in [-0.39, 0.29) is 5.75 Å². The van der Waals surface area contributed by atoms with E-state index in [2.05, 4.69) is 23.4 Å². The molecule has 3 N–H and O–H groups in total. The number of phosphoric ester groups is 1. The van der Waals surface area contributed by atoms with Gasteiger partial charge >= 0.3 is 7.82 Å². The molecule has 1 aromatic heterocycles. The van der Waals surface area contributed by atoms with E-state index >= 15 is 0 Å². The van der Waals surface area contributed by atoms with Crippen molar-refractivity contribution in [2.24, 2.45) is 0 Å². The zero-order chi connectivity index (χ0) is 17.6. The van der Waals surface area contributed by atoms with E-state index in [4.69, 9.17) is 14.3 Å². The minimum atomic E-state index is -4.59. The van der Waals surface area contributed by atoms with Crippen LogP contribution in [0.2, 0.25) is 0 Å². The lowest BCUT2D eigenvalue weighted by molar-refractivity contribution is 0.284. The number of hydrogen-bond donors (Lipinski definition) is 3. The van der Waals surface area contributed by atoms with Crippen LogP contribution >= 0.6 is 7.82 Å². The van der Waals surface area contributed by atoms with Gasteiger partial charge in [0.2, 0.25) is 0 Å². The molecule has 0 aliphatic carbocycles. The lowest BCUT2D eigenvalue weighted by atomic mass is 10.1. The number of fused-ring (bicyclic) bond motifs is 1. The Bertz CT molecular complexity index is 722. The molecule has 0 aliphatic heterocycles. The molecule has 0 spiro atoms. The molecule has 0 radical (unpaired) electrons. The Labute approximate surface area is 142 Å². The van der Waals surface area contributed by atoms with Crippen LogP contribution < -0.4 is 4.52 Å². The molecule has 132 valence electrons. The molecule has 1 heterocycles. The zero-order valence-corrected chi connectivity index (χ0v) is 14.8. The fraction of sp³-hybridized carbons (Fsp3) is 0.412. The third kappa shape index (κ3) is 5.21. The topological polar surface area (TPSA) is 85.8 Å². The largest absolute Gasteiger partial charge is 0.524 e. The van der Waals surface area contributed by atoms with Gasteiger partial charge in [0.05, 0.1) is 0 Å². The molecular weight excluding hydrogens is 327 g/mol. The molecule has 6 nitrogen and oxygen atoms in total. The van der Waals surface area contributed by atoms with Crippen molar-refractivity contribution in [1.29, 1.82) is 0 Å². The molecule has 0 unspecified atom stereocenters. The fourth-order valence-corrected chi connectivity index (χ4v) is 3.17. The van der Waals surface area contributed by atoms with E-state index in [1.165, 1.54) is 0 Å². The highest BCUT2D eigenvalue weighted by Crippen LogP contribution is 2.41. The Kier molecular flexibility index (Phi) is 6.63. The molecule has 0 saturated heterocycles. The number of unbranched alkanes of at least 4 members (excludes halogenated alkanes) is 1.